The topological polar surface area (TPSA) is 67.1 Å². The van der Waals surface area contributed by atoms with Crippen molar-refractivity contribution >= 4 is 29.9 Å². The van der Waals surface area contributed by atoms with Crippen LogP contribution in [-0.2, 0) is 13.6 Å². The Morgan fingerprint density at radius 1 is 1.32 bits per heavy atom. The second-order valence-electron chi connectivity index (χ2n) is 5.79. The van der Waals surface area contributed by atoms with Gasteiger partial charge in [-0.2, -0.15) is 0 Å². The summed E-state index contributed by atoms with van der Waals surface area (Å²) >= 11 is 0. The molecule has 1 unspecified atom stereocenters. The number of guanidine groups is 1. The van der Waals surface area contributed by atoms with E-state index >= 15 is 0 Å². The molecule has 0 bridgehead atoms. The van der Waals surface area contributed by atoms with Crippen molar-refractivity contribution in [2.45, 2.75) is 40.3 Å². The third kappa shape index (κ3) is 5.65. The van der Waals surface area contributed by atoms with E-state index in [1.54, 1.807) is 19.1 Å². The van der Waals surface area contributed by atoms with Crippen molar-refractivity contribution in [2.75, 3.05) is 6.54 Å². The maximum atomic E-state index is 13.7. The molecule has 0 aliphatic rings. The van der Waals surface area contributed by atoms with Gasteiger partial charge in [0.05, 0.1) is 6.04 Å². The Bertz CT molecular complexity index is 728. The number of nitrogens with zero attached hydrogens (tertiary/aromatic N) is 4. The molecule has 1 aromatic carbocycles. The lowest BCUT2D eigenvalue weighted by molar-refractivity contribution is 0.607. The number of nitrogens with one attached hydrogen (secondary N) is 2. The number of hydrogen-bond acceptors (Lipinski definition) is 3. The summed E-state index contributed by atoms with van der Waals surface area (Å²) in [5.41, 5.74) is 1.52. The summed E-state index contributed by atoms with van der Waals surface area (Å²) in [7, 11) is 1.91. The molecule has 0 fully saturated rings. The minimum atomic E-state index is -0.197. The van der Waals surface area contributed by atoms with Gasteiger partial charge in [-0.3, -0.25) is 0 Å². The average molecular weight is 460 g/mol. The first kappa shape index (κ1) is 21.3. The lowest BCUT2D eigenvalue weighted by Crippen LogP contribution is -2.38. The highest BCUT2D eigenvalue weighted by molar-refractivity contribution is 14.0. The van der Waals surface area contributed by atoms with Crippen LogP contribution < -0.4 is 10.6 Å². The van der Waals surface area contributed by atoms with Crippen molar-refractivity contribution in [1.29, 1.82) is 0 Å². The third-order valence-corrected chi connectivity index (χ3v) is 3.95. The van der Waals surface area contributed by atoms with Gasteiger partial charge in [-0.25, -0.2) is 9.38 Å². The van der Waals surface area contributed by atoms with Gasteiger partial charge >= 0.3 is 0 Å². The predicted molar refractivity (Wildman–Crippen MR) is 109 cm³/mol. The first-order valence-corrected chi connectivity index (χ1v) is 8.08. The first-order valence-electron chi connectivity index (χ1n) is 8.08. The summed E-state index contributed by atoms with van der Waals surface area (Å²) in [6.45, 7) is 8.78. The molecule has 0 saturated heterocycles. The molecule has 1 heterocycles. The average Bonchev–Trinajstić information content (AvgIpc) is 2.87. The Morgan fingerprint density at radius 3 is 2.60 bits per heavy atom. The fourth-order valence-corrected chi connectivity index (χ4v) is 2.23. The van der Waals surface area contributed by atoms with Crippen LogP contribution in [0.25, 0.3) is 0 Å². The summed E-state index contributed by atoms with van der Waals surface area (Å²) in [6, 6.07) is 5.20. The molecule has 0 amide bonds. The highest BCUT2D eigenvalue weighted by atomic mass is 127. The van der Waals surface area contributed by atoms with Crippen LogP contribution >= 0.6 is 24.0 Å². The van der Waals surface area contributed by atoms with Crippen molar-refractivity contribution < 1.29 is 4.39 Å². The molecule has 1 aromatic heterocycles. The highest BCUT2D eigenvalue weighted by Crippen LogP contribution is 2.16. The van der Waals surface area contributed by atoms with E-state index in [0.717, 1.165) is 23.8 Å². The van der Waals surface area contributed by atoms with Gasteiger partial charge in [-0.05, 0) is 44.9 Å². The number of aromatic nitrogens is 3. The van der Waals surface area contributed by atoms with Gasteiger partial charge in [0, 0.05) is 13.6 Å². The van der Waals surface area contributed by atoms with E-state index in [1.807, 2.05) is 38.5 Å². The maximum Gasteiger partial charge on any atom is 0.192 e. The van der Waals surface area contributed by atoms with E-state index in [2.05, 4.69) is 25.8 Å². The van der Waals surface area contributed by atoms with E-state index in [0.29, 0.717) is 18.1 Å². The summed E-state index contributed by atoms with van der Waals surface area (Å²) < 4.78 is 15.7. The molecule has 1 atom stereocenters. The molecule has 0 aliphatic heterocycles. The Kier molecular flexibility index (Phi) is 8.27. The number of rotatable bonds is 5. The second kappa shape index (κ2) is 9.69. The van der Waals surface area contributed by atoms with E-state index in [-0.39, 0.29) is 35.8 Å². The van der Waals surface area contributed by atoms with Gasteiger partial charge in [-0.15, -0.1) is 34.2 Å². The van der Waals surface area contributed by atoms with Crippen LogP contribution in [0, 0.1) is 19.7 Å². The quantitative estimate of drug-likeness (QED) is 0.409. The fraction of sp³-hybridized carbons (Fsp3) is 0.471. The zero-order valence-electron chi connectivity index (χ0n) is 15.3. The molecule has 6 nitrogen and oxygen atoms in total. The van der Waals surface area contributed by atoms with Gasteiger partial charge in [-0.1, -0.05) is 12.1 Å². The number of benzene rings is 1. The zero-order chi connectivity index (χ0) is 17.7. The highest BCUT2D eigenvalue weighted by Gasteiger charge is 2.10. The van der Waals surface area contributed by atoms with Crippen LogP contribution in [0.2, 0.25) is 0 Å². The van der Waals surface area contributed by atoms with Gasteiger partial charge in [0.25, 0.3) is 0 Å². The molecular formula is C17H26FIN6. The van der Waals surface area contributed by atoms with Crippen molar-refractivity contribution in [3.63, 3.8) is 0 Å². The van der Waals surface area contributed by atoms with Gasteiger partial charge in [0.1, 0.15) is 18.2 Å². The Morgan fingerprint density at radius 2 is 2.04 bits per heavy atom. The summed E-state index contributed by atoms with van der Waals surface area (Å²) in [5.74, 6) is 2.10. The van der Waals surface area contributed by atoms with Crippen LogP contribution in [0.3, 0.4) is 0 Å². The SMILES string of the molecule is CCNC(=NCc1nnc(C)n1C)NC(C)c1ccc(C)c(F)c1.I. The molecule has 0 saturated carbocycles. The monoisotopic (exact) mass is 460 g/mol. The van der Waals surface area contributed by atoms with Crippen LogP contribution in [0.1, 0.15) is 42.7 Å². The Hall–Kier alpha value is -1.71. The molecule has 0 aliphatic carbocycles. The minimum Gasteiger partial charge on any atom is -0.357 e. The molecule has 25 heavy (non-hydrogen) atoms. The third-order valence-electron chi connectivity index (χ3n) is 3.95. The molecule has 138 valence electrons. The zero-order valence-corrected chi connectivity index (χ0v) is 17.6. The van der Waals surface area contributed by atoms with Gasteiger partial charge in [0.15, 0.2) is 11.8 Å². The van der Waals surface area contributed by atoms with Crippen molar-refractivity contribution in [3.8, 4) is 0 Å². The summed E-state index contributed by atoms with van der Waals surface area (Å²) in [5, 5.41) is 14.6. The van der Waals surface area contributed by atoms with Crippen molar-refractivity contribution in [2.24, 2.45) is 12.0 Å². The molecule has 8 heteroatoms. The number of aryl methyl sites for hydroxylation is 2. The lowest BCUT2D eigenvalue weighted by Gasteiger charge is -2.18. The number of aliphatic imine (C=N–C) groups is 1. The largest absolute Gasteiger partial charge is 0.357 e. The van der Waals surface area contributed by atoms with E-state index in [4.69, 9.17) is 0 Å². The maximum absolute atomic E-state index is 13.7. The number of hydrogen-bond donors (Lipinski definition) is 2. The predicted octanol–water partition coefficient (Wildman–Crippen LogP) is 3.01. The van der Waals surface area contributed by atoms with E-state index < -0.39 is 0 Å². The van der Waals surface area contributed by atoms with Crippen LogP contribution in [0.5, 0.6) is 0 Å². The fourth-order valence-electron chi connectivity index (χ4n) is 2.23. The summed E-state index contributed by atoms with van der Waals surface area (Å²) in [4.78, 5) is 4.54. The first-order chi connectivity index (χ1) is 11.4. The normalized spacial score (nSPS) is 12.5. The van der Waals surface area contributed by atoms with Gasteiger partial charge < -0.3 is 15.2 Å². The lowest BCUT2D eigenvalue weighted by atomic mass is 10.1. The van der Waals surface area contributed by atoms with Crippen molar-refractivity contribution in [3.05, 3.63) is 46.8 Å². The van der Waals surface area contributed by atoms with Crippen LogP contribution in [0.4, 0.5) is 4.39 Å². The van der Waals surface area contributed by atoms with Crippen molar-refractivity contribution in [1.82, 2.24) is 25.4 Å². The van der Waals surface area contributed by atoms with Crippen LogP contribution in [0.15, 0.2) is 23.2 Å². The second-order valence-corrected chi connectivity index (χ2v) is 5.79. The molecule has 0 radical (unpaired) electrons. The Labute approximate surface area is 165 Å². The van der Waals surface area contributed by atoms with Gasteiger partial charge in [0.2, 0.25) is 0 Å². The molecule has 2 rings (SSSR count). The minimum absolute atomic E-state index is 0. The number of halogens is 2. The van der Waals surface area contributed by atoms with Crippen LogP contribution in [-0.4, -0.2) is 27.3 Å². The van der Waals surface area contributed by atoms with E-state index in [1.165, 1.54) is 0 Å². The van der Waals surface area contributed by atoms with E-state index in [9.17, 15) is 4.39 Å². The smallest absolute Gasteiger partial charge is 0.192 e. The molecule has 2 N–H and O–H groups in total. The molecular weight excluding hydrogens is 434 g/mol. The molecule has 2 aromatic rings. The summed E-state index contributed by atoms with van der Waals surface area (Å²) in [6.07, 6.45) is 0. The standard InChI is InChI=1S/C17H25FN6.HI/c1-6-19-17(20-10-16-23-22-13(4)24(16)5)21-12(3)14-8-7-11(2)15(18)9-14;/h7-9,12H,6,10H2,1-5H3,(H2,19,20,21);1H. The molecule has 0 spiro atoms. The Balaban J connectivity index is 0.00000312.